The van der Waals surface area contributed by atoms with E-state index in [2.05, 4.69) is 6.92 Å². The van der Waals surface area contributed by atoms with E-state index in [0.29, 0.717) is 0 Å². The predicted octanol–water partition coefficient (Wildman–Crippen LogP) is 2.07. The average molecular weight is 140 g/mol. The lowest BCUT2D eigenvalue weighted by Gasteiger charge is -2.15. The van der Waals surface area contributed by atoms with Crippen LogP contribution < -0.4 is 0 Å². The van der Waals surface area contributed by atoms with Gasteiger partial charge in [-0.25, -0.2) is 0 Å². The summed E-state index contributed by atoms with van der Waals surface area (Å²) in [4.78, 5) is 0. The molecule has 2 fully saturated rings. The zero-order valence-electron chi connectivity index (χ0n) is 6.68. The smallest absolute Gasteiger partial charge is 0.0497 e. The number of hydrogen-bond acceptors (Lipinski definition) is 1. The lowest BCUT2D eigenvalue weighted by molar-refractivity contribution is 0.170. The van der Waals surface area contributed by atoms with Crippen molar-refractivity contribution in [2.75, 3.05) is 13.2 Å². The molecule has 0 N–H and O–H groups in total. The Morgan fingerprint density at radius 1 is 1.20 bits per heavy atom. The monoisotopic (exact) mass is 140 g/mol. The zero-order chi connectivity index (χ0) is 6.97. The van der Waals surface area contributed by atoms with Crippen molar-refractivity contribution in [3.63, 3.8) is 0 Å². The highest BCUT2D eigenvalue weighted by molar-refractivity contribution is 4.84. The van der Waals surface area contributed by atoms with Gasteiger partial charge in [0.25, 0.3) is 0 Å². The molecule has 1 aliphatic carbocycles. The number of ether oxygens (including phenoxy) is 1. The normalized spacial score (nSPS) is 36.3. The molecule has 0 radical (unpaired) electrons. The molecule has 1 saturated heterocycles. The minimum Gasteiger partial charge on any atom is -0.381 e. The van der Waals surface area contributed by atoms with Crippen molar-refractivity contribution in [2.45, 2.75) is 26.2 Å². The summed E-state index contributed by atoms with van der Waals surface area (Å²) in [6.07, 6.45) is 4.28. The minimum absolute atomic E-state index is 0.896. The quantitative estimate of drug-likeness (QED) is 0.570. The van der Waals surface area contributed by atoms with Crippen LogP contribution in [0.25, 0.3) is 0 Å². The SMILES string of the molecule is C[C@H](C1CC1)C1CCOC1. The summed E-state index contributed by atoms with van der Waals surface area (Å²) < 4.78 is 5.36. The van der Waals surface area contributed by atoms with E-state index in [9.17, 15) is 0 Å². The van der Waals surface area contributed by atoms with E-state index >= 15 is 0 Å². The molecule has 0 aromatic rings. The highest BCUT2D eigenvalue weighted by atomic mass is 16.5. The molecule has 0 bridgehead atoms. The molecule has 0 aromatic heterocycles. The van der Waals surface area contributed by atoms with Gasteiger partial charge in [-0.05, 0) is 37.0 Å². The largest absolute Gasteiger partial charge is 0.381 e. The van der Waals surface area contributed by atoms with E-state index < -0.39 is 0 Å². The molecule has 0 spiro atoms. The maximum atomic E-state index is 5.36. The van der Waals surface area contributed by atoms with Gasteiger partial charge in [-0.1, -0.05) is 6.92 Å². The Bertz CT molecular complexity index is 112. The van der Waals surface area contributed by atoms with Crippen LogP contribution in [0.1, 0.15) is 26.2 Å². The Hall–Kier alpha value is -0.0400. The first kappa shape index (κ1) is 6.66. The van der Waals surface area contributed by atoms with Crippen molar-refractivity contribution < 1.29 is 4.74 Å². The van der Waals surface area contributed by atoms with E-state index in [0.717, 1.165) is 31.0 Å². The molecule has 1 heteroatoms. The zero-order valence-corrected chi connectivity index (χ0v) is 6.68. The van der Waals surface area contributed by atoms with E-state index in [1.54, 1.807) is 0 Å². The van der Waals surface area contributed by atoms with Crippen LogP contribution in [0.3, 0.4) is 0 Å². The maximum absolute atomic E-state index is 5.36. The van der Waals surface area contributed by atoms with Crippen molar-refractivity contribution in [3.8, 4) is 0 Å². The van der Waals surface area contributed by atoms with Gasteiger partial charge >= 0.3 is 0 Å². The Morgan fingerprint density at radius 3 is 2.50 bits per heavy atom. The molecule has 1 nitrogen and oxygen atoms in total. The van der Waals surface area contributed by atoms with Gasteiger partial charge in [0.2, 0.25) is 0 Å². The predicted molar refractivity (Wildman–Crippen MR) is 40.8 cm³/mol. The van der Waals surface area contributed by atoms with Crippen LogP contribution >= 0.6 is 0 Å². The molecule has 58 valence electrons. The van der Waals surface area contributed by atoms with Gasteiger partial charge < -0.3 is 4.74 Å². The standard InChI is InChI=1S/C9H16O/c1-7(8-2-3-8)9-4-5-10-6-9/h7-9H,2-6H2,1H3/t7-,9?/m1/s1. The molecule has 2 atom stereocenters. The molecule has 1 heterocycles. The second-order valence-corrected chi connectivity index (χ2v) is 3.82. The number of rotatable bonds is 2. The van der Waals surface area contributed by atoms with Crippen molar-refractivity contribution in [3.05, 3.63) is 0 Å². The summed E-state index contributed by atoms with van der Waals surface area (Å²) in [6, 6.07) is 0. The summed E-state index contributed by atoms with van der Waals surface area (Å²) in [6.45, 7) is 4.45. The van der Waals surface area contributed by atoms with E-state index in [4.69, 9.17) is 4.74 Å². The van der Waals surface area contributed by atoms with Gasteiger partial charge in [-0.2, -0.15) is 0 Å². The van der Waals surface area contributed by atoms with Crippen LogP contribution in [-0.2, 0) is 4.74 Å². The highest BCUT2D eigenvalue weighted by Gasteiger charge is 2.34. The van der Waals surface area contributed by atoms with Crippen LogP contribution in [0, 0.1) is 17.8 Å². The Kier molecular flexibility index (Phi) is 1.69. The molecule has 2 aliphatic rings. The van der Waals surface area contributed by atoms with Crippen molar-refractivity contribution in [1.82, 2.24) is 0 Å². The van der Waals surface area contributed by atoms with Crippen LogP contribution in [0.15, 0.2) is 0 Å². The lowest BCUT2D eigenvalue weighted by atomic mass is 9.89. The lowest BCUT2D eigenvalue weighted by Crippen LogP contribution is -2.12. The summed E-state index contributed by atoms with van der Waals surface area (Å²) in [5, 5.41) is 0. The first-order valence-corrected chi connectivity index (χ1v) is 4.45. The Labute approximate surface area is 62.8 Å². The second kappa shape index (κ2) is 2.54. The van der Waals surface area contributed by atoms with Crippen LogP contribution in [0.5, 0.6) is 0 Å². The molecule has 0 aromatic carbocycles. The molecule has 10 heavy (non-hydrogen) atoms. The van der Waals surface area contributed by atoms with Gasteiger partial charge in [-0.3, -0.25) is 0 Å². The molecule has 2 rings (SSSR count). The molecule has 1 unspecified atom stereocenters. The summed E-state index contributed by atoms with van der Waals surface area (Å²) in [5.41, 5.74) is 0. The Morgan fingerprint density at radius 2 is 2.00 bits per heavy atom. The minimum atomic E-state index is 0.896. The fraction of sp³-hybridized carbons (Fsp3) is 1.00. The molecular formula is C9H16O. The fourth-order valence-electron chi connectivity index (χ4n) is 1.97. The first-order valence-electron chi connectivity index (χ1n) is 4.45. The van der Waals surface area contributed by atoms with E-state index in [1.165, 1.54) is 19.3 Å². The van der Waals surface area contributed by atoms with Gasteiger partial charge in [0.15, 0.2) is 0 Å². The van der Waals surface area contributed by atoms with Crippen molar-refractivity contribution >= 4 is 0 Å². The highest BCUT2D eigenvalue weighted by Crippen LogP contribution is 2.42. The van der Waals surface area contributed by atoms with Crippen LogP contribution in [0.4, 0.5) is 0 Å². The molecular weight excluding hydrogens is 124 g/mol. The number of hydrogen-bond donors (Lipinski definition) is 0. The third kappa shape index (κ3) is 1.20. The van der Waals surface area contributed by atoms with Gasteiger partial charge in [0.1, 0.15) is 0 Å². The van der Waals surface area contributed by atoms with Crippen molar-refractivity contribution in [1.29, 1.82) is 0 Å². The first-order chi connectivity index (χ1) is 4.88. The van der Waals surface area contributed by atoms with Gasteiger partial charge in [0, 0.05) is 13.2 Å². The molecule has 1 saturated carbocycles. The summed E-state index contributed by atoms with van der Waals surface area (Å²) in [5.74, 6) is 2.90. The fourth-order valence-corrected chi connectivity index (χ4v) is 1.97. The Balaban J connectivity index is 1.84. The van der Waals surface area contributed by atoms with E-state index in [1.807, 2.05) is 0 Å². The molecule has 1 aliphatic heterocycles. The third-order valence-electron chi connectivity index (χ3n) is 3.07. The summed E-state index contributed by atoms with van der Waals surface area (Å²) in [7, 11) is 0. The second-order valence-electron chi connectivity index (χ2n) is 3.82. The van der Waals surface area contributed by atoms with Crippen LogP contribution in [-0.4, -0.2) is 13.2 Å². The summed E-state index contributed by atoms with van der Waals surface area (Å²) >= 11 is 0. The topological polar surface area (TPSA) is 9.23 Å². The molecule has 0 amide bonds. The van der Waals surface area contributed by atoms with Crippen LogP contribution in [0.2, 0.25) is 0 Å². The van der Waals surface area contributed by atoms with Gasteiger partial charge in [0.05, 0.1) is 0 Å². The maximum Gasteiger partial charge on any atom is 0.0497 e. The average Bonchev–Trinajstić information content (AvgIpc) is 2.65. The third-order valence-corrected chi connectivity index (χ3v) is 3.07. The van der Waals surface area contributed by atoms with Crippen molar-refractivity contribution in [2.24, 2.45) is 17.8 Å². The van der Waals surface area contributed by atoms with E-state index in [-0.39, 0.29) is 0 Å². The van der Waals surface area contributed by atoms with Gasteiger partial charge in [-0.15, -0.1) is 0 Å².